The summed E-state index contributed by atoms with van der Waals surface area (Å²) in [4.78, 5) is 25.1. The summed E-state index contributed by atoms with van der Waals surface area (Å²) in [6.45, 7) is 0.741. The number of nitrogens with zero attached hydrogens (tertiary/aromatic N) is 2. The molecule has 1 aliphatic heterocycles. The van der Waals surface area contributed by atoms with Gasteiger partial charge in [0.25, 0.3) is 11.6 Å². The van der Waals surface area contributed by atoms with Crippen LogP contribution in [0.2, 0.25) is 0 Å². The number of hydrogen-bond donors (Lipinski definition) is 1. The number of anilines is 1. The number of nitro benzene ring substituents is 1. The summed E-state index contributed by atoms with van der Waals surface area (Å²) in [7, 11) is 1.73. The van der Waals surface area contributed by atoms with Gasteiger partial charge in [-0.05, 0) is 37.3 Å². The molecule has 0 spiro atoms. The van der Waals surface area contributed by atoms with Gasteiger partial charge in [0.1, 0.15) is 5.56 Å². The molecule has 3 rings (SSSR count). The Morgan fingerprint density at radius 1 is 1.45 bits per heavy atom. The summed E-state index contributed by atoms with van der Waals surface area (Å²) in [6, 6.07) is 4.86. The number of nitro groups is 1. The number of rotatable bonds is 3. The standard InChI is InChI=1S/C14H17N3O3/c1-15-10-3-5-13(17(19)20)12(7-10)14(18)16-8-9-2-4-11(16)6-9/h3,5,7,9,11,15H,2,4,6,8H2,1H3. The SMILES string of the molecule is CNc1ccc([N+](=O)[O-])c(C(=O)N2CC3CCC2C3)c1. The second-order valence-corrected chi connectivity index (χ2v) is 5.53. The molecule has 6 nitrogen and oxygen atoms in total. The van der Waals surface area contributed by atoms with Gasteiger partial charge in [0.05, 0.1) is 4.92 Å². The highest BCUT2D eigenvalue weighted by Crippen LogP contribution is 2.39. The first kappa shape index (κ1) is 12.9. The van der Waals surface area contributed by atoms with E-state index >= 15 is 0 Å². The molecule has 2 aliphatic rings. The number of carbonyl (C=O) groups is 1. The zero-order valence-corrected chi connectivity index (χ0v) is 11.3. The van der Waals surface area contributed by atoms with Crippen molar-refractivity contribution in [3.05, 3.63) is 33.9 Å². The predicted octanol–water partition coefficient (Wildman–Crippen LogP) is 2.26. The zero-order valence-electron chi connectivity index (χ0n) is 11.3. The van der Waals surface area contributed by atoms with E-state index in [1.165, 1.54) is 12.5 Å². The number of carbonyl (C=O) groups excluding carboxylic acids is 1. The van der Waals surface area contributed by atoms with Gasteiger partial charge in [-0.1, -0.05) is 0 Å². The Morgan fingerprint density at radius 3 is 2.80 bits per heavy atom. The highest BCUT2D eigenvalue weighted by molar-refractivity contribution is 5.99. The van der Waals surface area contributed by atoms with E-state index in [2.05, 4.69) is 5.32 Å². The average Bonchev–Trinajstić information content (AvgIpc) is 3.08. The van der Waals surface area contributed by atoms with Crippen LogP contribution in [0.4, 0.5) is 11.4 Å². The molecular formula is C14H17N3O3. The minimum Gasteiger partial charge on any atom is -0.388 e. The van der Waals surface area contributed by atoms with Crippen LogP contribution in [0.15, 0.2) is 18.2 Å². The molecule has 1 aromatic carbocycles. The molecule has 1 aliphatic carbocycles. The van der Waals surface area contributed by atoms with E-state index in [1.54, 1.807) is 19.2 Å². The maximum absolute atomic E-state index is 12.6. The summed E-state index contributed by atoms with van der Waals surface area (Å²) in [5, 5.41) is 14.0. The van der Waals surface area contributed by atoms with E-state index in [1.807, 2.05) is 4.90 Å². The Kier molecular flexibility index (Phi) is 3.08. The van der Waals surface area contributed by atoms with Crippen LogP contribution in [0.3, 0.4) is 0 Å². The summed E-state index contributed by atoms with van der Waals surface area (Å²) >= 11 is 0. The first-order chi connectivity index (χ1) is 9.60. The van der Waals surface area contributed by atoms with Crippen molar-refractivity contribution in [1.29, 1.82) is 0 Å². The van der Waals surface area contributed by atoms with Gasteiger partial charge in [-0.3, -0.25) is 14.9 Å². The molecule has 0 aromatic heterocycles. The van der Waals surface area contributed by atoms with Crippen molar-refractivity contribution in [2.45, 2.75) is 25.3 Å². The number of hydrogen-bond acceptors (Lipinski definition) is 4. The van der Waals surface area contributed by atoms with Crippen molar-refractivity contribution in [2.24, 2.45) is 5.92 Å². The smallest absolute Gasteiger partial charge is 0.282 e. The topological polar surface area (TPSA) is 75.5 Å². The van der Waals surface area contributed by atoms with Gasteiger partial charge in [-0.25, -0.2) is 0 Å². The number of amides is 1. The fraction of sp³-hybridized carbons (Fsp3) is 0.500. The van der Waals surface area contributed by atoms with Crippen molar-refractivity contribution in [3.63, 3.8) is 0 Å². The maximum atomic E-state index is 12.6. The van der Waals surface area contributed by atoms with E-state index in [0.29, 0.717) is 11.6 Å². The van der Waals surface area contributed by atoms with Gasteiger partial charge < -0.3 is 10.2 Å². The molecule has 20 heavy (non-hydrogen) atoms. The van der Waals surface area contributed by atoms with Crippen LogP contribution in [0.1, 0.15) is 29.6 Å². The number of piperidine rings is 1. The lowest BCUT2D eigenvalue weighted by atomic mass is 10.1. The molecule has 0 radical (unpaired) electrons. The Hall–Kier alpha value is -2.11. The molecule has 1 saturated carbocycles. The molecule has 2 unspecified atom stereocenters. The number of likely N-dealkylation sites (tertiary alicyclic amines) is 1. The van der Waals surface area contributed by atoms with Crippen LogP contribution in [0.25, 0.3) is 0 Å². The summed E-state index contributed by atoms with van der Waals surface area (Å²) in [5.41, 5.74) is 0.787. The number of benzene rings is 1. The molecule has 6 heteroatoms. The van der Waals surface area contributed by atoms with E-state index in [-0.39, 0.29) is 23.2 Å². The molecular weight excluding hydrogens is 258 g/mol. The summed E-state index contributed by atoms with van der Waals surface area (Å²) in [6.07, 6.45) is 3.24. The lowest BCUT2D eigenvalue weighted by Crippen LogP contribution is -2.37. The summed E-state index contributed by atoms with van der Waals surface area (Å²) < 4.78 is 0. The van der Waals surface area contributed by atoms with Crippen LogP contribution in [0.5, 0.6) is 0 Å². The number of nitrogens with one attached hydrogen (secondary N) is 1. The summed E-state index contributed by atoms with van der Waals surface area (Å²) in [5.74, 6) is 0.372. The second-order valence-electron chi connectivity index (χ2n) is 5.53. The normalized spacial score (nSPS) is 23.9. The fourth-order valence-electron chi connectivity index (χ4n) is 3.35. The van der Waals surface area contributed by atoms with Gasteiger partial charge in [0, 0.05) is 31.4 Å². The molecule has 2 fully saturated rings. The quantitative estimate of drug-likeness (QED) is 0.678. The maximum Gasteiger partial charge on any atom is 0.282 e. The van der Waals surface area contributed by atoms with Gasteiger partial charge >= 0.3 is 0 Å². The van der Waals surface area contributed by atoms with Gasteiger partial charge in [0.15, 0.2) is 0 Å². The Bertz CT molecular complexity index is 573. The third kappa shape index (κ3) is 2.01. The van der Waals surface area contributed by atoms with Gasteiger partial charge in [-0.15, -0.1) is 0 Å². The van der Waals surface area contributed by atoms with Crippen LogP contribution in [-0.4, -0.2) is 35.4 Å². The molecule has 2 bridgehead atoms. The van der Waals surface area contributed by atoms with Crippen LogP contribution in [-0.2, 0) is 0 Å². The highest BCUT2D eigenvalue weighted by atomic mass is 16.6. The van der Waals surface area contributed by atoms with Crippen molar-refractivity contribution < 1.29 is 9.72 Å². The first-order valence-corrected chi connectivity index (χ1v) is 6.87. The van der Waals surface area contributed by atoms with Crippen molar-refractivity contribution >= 4 is 17.3 Å². The van der Waals surface area contributed by atoms with E-state index < -0.39 is 4.92 Å². The van der Waals surface area contributed by atoms with Gasteiger partial charge in [0.2, 0.25) is 0 Å². The molecule has 1 aromatic rings. The van der Waals surface area contributed by atoms with Crippen LogP contribution < -0.4 is 5.32 Å². The lowest BCUT2D eigenvalue weighted by Gasteiger charge is -2.27. The zero-order chi connectivity index (χ0) is 14.3. The van der Waals surface area contributed by atoms with Crippen molar-refractivity contribution in [2.75, 3.05) is 18.9 Å². The average molecular weight is 275 g/mol. The molecule has 1 amide bonds. The fourth-order valence-corrected chi connectivity index (χ4v) is 3.35. The Balaban J connectivity index is 1.95. The van der Waals surface area contributed by atoms with E-state index in [9.17, 15) is 14.9 Å². The molecule has 1 heterocycles. The highest BCUT2D eigenvalue weighted by Gasteiger charge is 2.41. The first-order valence-electron chi connectivity index (χ1n) is 6.87. The van der Waals surface area contributed by atoms with Crippen LogP contribution in [0, 0.1) is 16.0 Å². The van der Waals surface area contributed by atoms with Crippen LogP contribution >= 0.6 is 0 Å². The lowest BCUT2D eigenvalue weighted by molar-refractivity contribution is -0.385. The van der Waals surface area contributed by atoms with Crippen molar-refractivity contribution in [1.82, 2.24) is 4.90 Å². The van der Waals surface area contributed by atoms with E-state index in [4.69, 9.17) is 0 Å². The molecule has 1 saturated heterocycles. The largest absolute Gasteiger partial charge is 0.388 e. The van der Waals surface area contributed by atoms with E-state index in [0.717, 1.165) is 19.4 Å². The molecule has 106 valence electrons. The van der Waals surface area contributed by atoms with Gasteiger partial charge in [-0.2, -0.15) is 0 Å². The number of fused-ring (bicyclic) bond motifs is 2. The third-order valence-corrected chi connectivity index (χ3v) is 4.38. The minimum absolute atomic E-state index is 0.114. The predicted molar refractivity (Wildman–Crippen MR) is 74.8 cm³/mol. The monoisotopic (exact) mass is 275 g/mol. The third-order valence-electron chi connectivity index (χ3n) is 4.38. The molecule has 2 atom stereocenters. The molecule has 1 N–H and O–H groups in total. The Morgan fingerprint density at radius 2 is 2.25 bits per heavy atom. The second kappa shape index (κ2) is 4.77. The Labute approximate surface area is 116 Å². The minimum atomic E-state index is -0.485. The van der Waals surface area contributed by atoms with Crippen molar-refractivity contribution in [3.8, 4) is 0 Å².